The molecule has 8 nitrogen and oxygen atoms in total. The van der Waals surface area contributed by atoms with Crippen LogP contribution in [0.1, 0.15) is 194 Å². The first-order chi connectivity index (χ1) is 23.8. The third kappa shape index (κ3) is 24.2. The molecule has 1 saturated carbocycles. The van der Waals surface area contributed by atoms with Crippen molar-refractivity contribution in [2.24, 2.45) is 5.92 Å². The highest BCUT2D eigenvalue weighted by Crippen LogP contribution is 2.25. The van der Waals surface area contributed by atoms with Crippen molar-refractivity contribution in [2.45, 2.75) is 231 Å². The van der Waals surface area contributed by atoms with Crippen molar-refractivity contribution < 1.29 is 39.4 Å². The van der Waals surface area contributed by atoms with Gasteiger partial charge in [-0.15, -0.1) is 0 Å². The average molecular weight is 701 g/mol. The highest BCUT2D eigenvalue weighted by Gasteiger charge is 2.49. The predicted molar refractivity (Wildman–Crippen MR) is 200 cm³/mol. The second-order valence-electron chi connectivity index (χ2n) is 15.2. The van der Waals surface area contributed by atoms with E-state index in [0.29, 0.717) is 13.0 Å². The minimum Gasteiger partial charge on any atom is -0.457 e. The predicted octanol–water partition coefficient (Wildman–Crippen LogP) is 8.97. The van der Waals surface area contributed by atoms with E-state index in [0.717, 1.165) is 38.0 Å². The van der Waals surface area contributed by atoms with E-state index in [1.165, 1.54) is 135 Å². The molecule has 1 aliphatic rings. The van der Waals surface area contributed by atoms with Gasteiger partial charge in [0.2, 0.25) is 0 Å². The van der Waals surface area contributed by atoms with Crippen molar-refractivity contribution in [2.75, 3.05) is 19.8 Å². The van der Waals surface area contributed by atoms with E-state index in [1.807, 2.05) is 0 Å². The standard InChI is InChI=1S/C41H80O8/c1-4-6-8-10-11-12-13-14-15-16-19-22-26-30-36(42)49-35(33-48-41-39(45)37(43)38(44)40(41)46)32-47-31-27-23-20-17-18-21-25-29-34(3)28-24-9-7-5-2/h34-35,37-41,43-46H,4-33H2,1-3H3/t34?,35-,37+,38+,39-,40-/m0/s1. The van der Waals surface area contributed by atoms with Gasteiger partial charge in [-0.25, -0.2) is 0 Å². The molecule has 0 heterocycles. The molecule has 0 aromatic rings. The molecule has 8 heteroatoms. The summed E-state index contributed by atoms with van der Waals surface area (Å²) in [5.74, 6) is 0.548. The smallest absolute Gasteiger partial charge is 0.306 e. The largest absolute Gasteiger partial charge is 0.457 e. The molecule has 0 aromatic heterocycles. The second-order valence-corrected chi connectivity index (χ2v) is 15.2. The normalized spacial score (nSPS) is 21.0. The lowest BCUT2D eigenvalue weighted by atomic mass is 9.96. The van der Waals surface area contributed by atoms with Gasteiger partial charge in [0.1, 0.15) is 36.6 Å². The number of aliphatic hydroxyl groups excluding tert-OH is 4. The summed E-state index contributed by atoms with van der Waals surface area (Å²) in [7, 11) is 0. The molecular formula is C41H80O8. The first kappa shape index (κ1) is 46.3. The van der Waals surface area contributed by atoms with Gasteiger partial charge in [0.05, 0.1) is 13.2 Å². The minimum absolute atomic E-state index is 0.0973. The van der Waals surface area contributed by atoms with Crippen LogP contribution in [0.5, 0.6) is 0 Å². The fourth-order valence-corrected chi connectivity index (χ4v) is 6.92. The van der Waals surface area contributed by atoms with Crippen LogP contribution in [-0.4, -0.2) is 82.8 Å². The van der Waals surface area contributed by atoms with Gasteiger partial charge in [0.25, 0.3) is 0 Å². The molecule has 0 aliphatic heterocycles. The van der Waals surface area contributed by atoms with Crippen LogP contribution in [0.2, 0.25) is 0 Å². The van der Waals surface area contributed by atoms with Gasteiger partial charge >= 0.3 is 5.97 Å². The Bertz CT molecular complexity index is 722. The minimum atomic E-state index is -1.49. The Labute approximate surface area is 301 Å². The van der Waals surface area contributed by atoms with Crippen LogP contribution in [0.25, 0.3) is 0 Å². The van der Waals surface area contributed by atoms with Gasteiger partial charge in [-0.1, -0.05) is 175 Å². The average Bonchev–Trinajstić information content (AvgIpc) is 3.27. The summed E-state index contributed by atoms with van der Waals surface area (Å²) in [6.07, 6.45) is 25.4. The van der Waals surface area contributed by atoms with Crippen LogP contribution in [-0.2, 0) is 19.0 Å². The number of carbonyl (C=O) groups is 1. The summed E-state index contributed by atoms with van der Waals surface area (Å²) < 4.78 is 17.2. The van der Waals surface area contributed by atoms with Crippen molar-refractivity contribution in [1.82, 2.24) is 0 Å². The number of carbonyl (C=O) groups excluding carboxylic acids is 1. The van der Waals surface area contributed by atoms with Gasteiger partial charge in [0, 0.05) is 13.0 Å². The molecule has 0 saturated heterocycles. The summed E-state index contributed by atoms with van der Waals surface area (Å²) in [6.45, 7) is 7.55. The van der Waals surface area contributed by atoms with E-state index in [2.05, 4.69) is 20.8 Å². The maximum Gasteiger partial charge on any atom is 0.306 e. The monoisotopic (exact) mass is 701 g/mol. The van der Waals surface area contributed by atoms with Gasteiger partial charge in [-0.3, -0.25) is 4.79 Å². The van der Waals surface area contributed by atoms with Crippen LogP contribution in [0.3, 0.4) is 0 Å². The fourth-order valence-electron chi connectivity index (χ4n) is 6.92. The van der Waals surface area contributed by atoms with Crippen LogP contribution >= 0.6 is 0 Å². The van der Waals surface area contributed by atoms with Crippen molar-refractivity contribution in [3.8, 4) is 0 Å². The van der Waals surface area contributed by atoms with Gasteiger partial charge in [-0.05, 0) is 18.8 Å². The molecule has 1 aliphatic carbocycles. The number of hydrogen-bond donors (Lipinski definition) is 4. The summed E-state index contributed by atoms with van der Waals surface area (Å²) in [4.78, 5) is 12.7. The van der Waals surface area contributed by atoms with Gasteiger partial charge < -0.3 is 34.6 Å². The number of hydrogen-bond acceptors (Lipinski definition) is 8. The first-order valence-corrected chi connectivity index (χ1v) is 20.9. The van der Waals surface area contributed by atoms with Crippen LogP contribution in [0, 0.1) is 5.92 Å². The highest BCUT2D eigenvalue weighted by molar-refractivity contribution is 5.69. The second kappa shape index (κ2) is 31.9. The first-order valence-electron chi connectivity index (χ1n) is 20.9. The van der Waals surface area contributed by atoms with Crippen molar-refractivity contribution in [1.29, 1.82) is 0 Å². The maximum absolute atomic E-state index is 12.7. The molecule has 4 N–H and O–H groups in total. The Morgan fingerprint density at radius 1 is 0.531 bits per heavy atom. The SMILES string of the molecule is CCCCCCCCCCCCCCCC(=O)O[C@@H](COCCCCCCCCCC(C)CCCCCC)COC1[C@@H](O)[C@H](O)[C@@H](O)[C@@H]1O. The van der Waals surface area contributed by atoms with Crippen LogP contribution < -0.4 is 0 Å². The lowest BCUT2D eigenvalue weighted by molar-refractivity contribution is -0.163. The molecule has 292 valence electrons. The topological polar surface area (TPSA) is 126 Å². The van der Waals surface area contributed by atoms with E-state index in [1.54, 1.807) is 0 Å². The summed E-state index contributed by atoms with van der Waals surface area (Å²) in [5.41, 5.74) is 0. The Morgan fingerprint density at radius 2 is 0.939 bits per heavy atom. The number of rotatable bonds is 35. The fraction of sp³-hybridized carbons (Fsp3) is 0.976. The third-order valence-corrected chi connectivity index (χ3v) is 10.3. The molecule has 0 aromatic carbocycles. The molecule has 1 fully saturated rings. The molecule has 0 radical (unpaired) electrons. The zero-order chi connectivity index (χ0) is 36.0. The maximum atomic E-state index is 12.7. The summed E-state index contributed by atoms with van der Waals surface area (Å²) >= 11 is 0. The molecule has 49 heavy (non-hydrogen) atoms. The lowest BCUT2D eigenvalue weighted by Gasteiger charge is -2.24. The Balaban J connectivity index is 2.23. The van der Waals surface area contributed by atoms with Crippen molar-refractivity contribution in [3.05, 3.63) is 0 Å². The number of esters is 1. The zero-order valence-electron chi connectivity index (χ0n) is 32.2. The summed E-state index contributed by atoms with van der Waals surface area (Å²) in [6, 6.07) is 0. The molecule has 6 atom stereocenters. The molecule has 0 amide bonds. The molecular weight excluding hydrogens is 620 g/mol. The number of aliphatic hydroxyl groups is 4. The third-order valence-electron chi connectivity index (χ3n) is 10.3. The van der Waals surface area contributed by atoms with E-state index >= 15 is 0 Å². The Kier molecular flexibility index (Phi) is 30.1. The zero-order valence-corrected chi connectivity index (χ0v) is 32.2. The van der Waals surface area contributed by atoms with Crippen molar-refractivity contribution in [3.63, 3.8) is 0 Å². The molecule has 0 bridgehead atoms. The van der Waals surface area contributed by atoms with Crippen LogP contribution in [0.15, 0.2) is 0 Å². The molecule has 1 rings (SSSR count). The summed E-state index contributed by atoms with van der Waals surface area (Å²) in [5, 5.41) is 40.1. The van der Waals surface area contributed by atoms with Gasteiger partial charge in [-0.2, -0.15) is 0 Å². The van der Waals surface area contributed by atoms with E-state index < -0.39 is 36.6 Å². The van der Waals surface area contributed by atoms with Crippen LogP contribution in [0.4, 0.5) is 0 Å². The van der Waals surface area contributed by atoms with Gasteiger partial charge in [0.15, 0.2) is 0 Å². The molecule has 1 unspecified atom stereocenters. The number of ether oxygens (including phenoxy) is 3. The van der Waals surface area contributed by atoms with Crippen molar-refractivity contribution >= 4 is 5.97 Å². The Morgan fingerprint density at radius 3 is 1.43 bits per heavy atom. The van der Waals surface area contributed by atoms with E-state index in [-0.39, 0.29) is 19.2 Å². The lowest BCUT2D eigenvalue weighted by Crippen LogP contribution is -2.39. The van der Waals surface area contributed by atoms with E-state index in [9.17, 15) is 25.2 Å². The number of unbranched alkanes of at least 4 members (excludes halogenated alkanes) is 21. The Hall–Kier alpha value is -0.770. The van der Waals surface area contributed by atoms with E-state index in [4.69, 9.17) is 14.2 Å². The quantitative estimate of drug-likeness (QED) is 0.0382. The highest BCUT2D eigenvalue weighted by atomic mass is 16.6. The molecule has 0 spiro atoms.